The van der Waals surface area contributed by atoms with Gasteiger partial charge in [0.25, 0.3) is 5.91 Å². The number of hydrogen-bond acceptors (Lipinski definition) is 5. The Bertz CT molecular complexity index is 498. The molecule has 96 valence electrons. The second-order valence-electron chi connectivity index (χ2n) is 3.62. The summed E-state index contributed by atoms with van der Waals surface area (Å²) in [6.45, 7) is 1.52. The Hall–Kier alpha value is -1.47. The van der Waals surface area contributed by atoms with E-state index in [9.17, 15) is 4.79 Å². The van der Waals surface area contributed by atoms with Crippen molar-refractivity contribution in [2.24, 2.45) is 0 Å². The number of hydrogen-bond donors (Lipinski definition) is 1. The zero-order valence-electron chi connectivity index (χ0n) is 9.54. The van der Waals surface area contributed by atoms with Gasteiger partial charge in [0.1, 0.15) is 0 Å². The predicted molar refractivity (Wildman–Crippen MR) is 68.7 cm³/mol. The van der Waals surface area contributed by atoms with Crippen molar-refractivity contribution in [1.82, 2.24) is 25.1 Å². The molecular weight excluding hydrogens is 274 g/mol. The summed E-state index contributed by atoms with van der Waals surface area (Å²) in [7, 11) is 0. The number of carbonyl (C=O) groups excluding carboxylic acids is 1. The summed E-state index contributed by atoms with van der Waals surface area (Å²) >= 11 is 6.68. The summed E-state index contributed by atoms with van der Waals surface area (Å²) in [6.07, 6.45) is 7.33. The van der Waals surface area contributed by atoms with Crippen LogP contribution in [0.3, 0.4) is 0 Å². The second-order valence-corrected chi connectivity index (χ2v) is 5.18. The molecule has 1 amide bonds. The Labute approximate surface area is 113 Å². The summed E-state index contributed by atoms with van der Waals surface area (Å²) in [5, 5.41) is 10.3. The van der Waals surface area contributed by atoms with E-state index >= 15 is 0 Å². The van der Waals surface area contributed by atoms with Gasteiger partial charge >= 0.3 is 0 Å². The number of aromatic nitrogens is 4. The number of imidazole rings is 1. The van der Waals surface area contributed by atoms with Crippen LogP contribution >= 0.6 is 22.9 Å². The van der Waals surface area contributed by atoms with Gasteiger partial charge in [0.2, 0.25) is 9.47 Å². The van der Waals surface area contributed by atoms with Crippen LogP contribution in [-0.4, -0.2) is 32.2 Å². The molecule has 6 nitrogen and oxygen atoms in total. The van der Waals surface area contributed by atoms with Crippen LogP contribution in [0.2, 0.25) is 4.47 Å². The molecule has 0 aromatic carbocycles. The Kier molecular flexibility index (Phi) is 4.66. The van der Waals surface area contributed by atoms with Gasteiger partial charge in [-0.05, 0) is 24.4 Å². The van der Waals surface area contributed by atoms with Gasteiger partial charge in [0.05, 0.1) is 6.33 Å². The highest BCUT2D eigenvalue weighted by atomic mass is 35.5. The van der Waals surface area contributed by atoms with Crippen molar-refractivity contribution in [2.45, 2.75) is 19.4 Å². The van der Waals surface area contributed by atoms with E-state index in [-0.39, 0.29) is 10.4 Å². The van der Waals surface area contributed by atoms with Crippen LogP contribution in [0.15, 0.2) is 18.7 Å². The number of nitrogens with zero attached hydrogens (tertiary/aromatic N) is 4. The van der Waals surface area contributed by atoms with Crippen molar-refractivity contribution in [2.75, 3.05) is 6.54 Å². The minimum atomic E-state index is -0.220. The van der Waals surface area contributed by atoms with Gasteiger partial charge in [-0.3, -0.25) is 4.79 Å². The normalized spacial score (nSPS) is 10.5. The molecule has 0 unspecified atom stereocenters. The fraction of sp³-hybridized carbons (Fsp3) is 0.400. The van der Waals surface area contributed by atoms with Crippen LogP contribution in [0.4, 0.5) is 0 Å². The summed E-state index contributed by atoms with van der Waals surface area (Å²) in [6, 6.07) is 0. The van der Waals surface area contributed by atoms with Gasteiger partial charge in [0, 0.05) is 25.5 Å². The summed E-state index contributed by atoms with van der Waals surface area (Å²) in [5.41, 5.74) is 0. The number of carbonyl (C=O) groups is 1. The summed E-state index contributed by atoms with van der Waals surface area (Å²) in [4.78, 5) is 15.5. The van der Waals surface area contributed by atoms with Gasteiger partial charge in [-0.25, -0.2) is 4.98 Å². The van der Waals surface area contributed by atoms with Crippen molar-refractivity contribution < 1.29 is 4.79 Å². The largest absolute Gasteiger partial charge is 0.350 e. The number of halogens is 1. The maximum Gasteiger partial charge on any atom is 0.282 e. The third kappa shape index (κ3) is 3.78. The Morgan fingerprint density at radius 2 is 2.33 bits per heavy atom. The number of aryl methyl sites for hydroxylation is 1. The van der Waals surface area contributed by atoms with Gasteiger partial charge in [0.15, 0.2) is 0 Å². The average molecular weight is 286 g/mol. The number of rotatable bonds is 6. The maximum absolute atomic E-state index is 11.6. The third-order valence-corrected chi connectivity index (χ3v) is 3.30. The first-order chi connectivity index (χ1) is 8.75. The highest BCUT2D eigenvalue weighted by Gasteiger charge is 2.10. The standard InChI is InChI=1S/C10H12ClN5OS/c11-10-15-14-9(18-10)8(17)13-3-1-2-5-16-6-4-12-7-16/h4,6-7H,1-3,5H2,(H,13,17). The average Bonchev–Trinajstić information content (AvgIpc) is 2.99. The van der Waals surface area contributed by atoms with Crippen molar-refractivity contribution >= 4 is 28.8 Å². The lowest BCUT2D eigenvalue weighted by Crippen LogP contribution is -2.24. The van der Waals surface area contributed by atoms with E-state index in [1.54, 1.807) is 12.5 Å². The first-order valence-electron chi connectivity index (χ1n) is 5.48. The van der Waals surface area contributed by atoms with Crippen LogP contribution in [0.25, 0.3) is 0 Å². The molecule has 0 atom stereocenters. The second kappa shape index (κ2) is 6.46. The molecule has 2 aromatic rings. The van der Waals surface area contributed by atoms with E-state index in [1.807, 2.05) is 10.8 Å². The molecule has 0 aliphatic heterocycles. The van der Waals surface area contributed by atoms with Crippen LogP contribution in [0, 0.1) is 0 Å². The molecule has 18 heavy (non-hydrogen) atoms. The molecule has 2 heterocycles. The lowest BCUT2D eigenvalue weighted by molar-refractivity contribution is 0.0952. The van der Waals surface area contributed by atoms with Crippen molar-refractivity contribution in [3.8, 4) is 0 Å². The molecule has 0 fully saturated rings. The SMILES string of the molecule is O=C(NCCCCn1ccnc1)c1nnc(Cl)s1. The topological polar surface area (TPSA) is 72.7 Å². The predicted octanol–water partition coefficient (Wildman–Crippen LogP) is 1.60. The van der Waals surface area contributed by atoms with Gasteiger partial charge in [-0.2, -0.15) is 0 Å². The zero-order valence-corrected chi connectivity index (χ0v) is 11.1. The molecule has 1 N–H and O–H groups in total. The first-order valence-corrected chi connectivity index (χ1v) is 6.68. The number of amides is 1. The van der Waals surface area contributed by atoms with E-state index in [0.717, 1.165) is 30.7 Å². The monoisotopic (exact) mass is 285 g/mol. The van der Waals surface area contributed by atoms with Gasteiger partial charge in [-0.1, -0.05) is 11.3 Å². The molecule has 0 radical (unpaired) electrons. The van der Waals surface area contributed by atoms with E-state index < -0.39 is 0 Å². The summed E-state index contributed by atoms with van der Waals surface area (Å²) < 4.78 is 2.28. The first kappa shape index (κ1) is 13.0. The molecular formula is C10H12ClN5OS. The van der Waals surface area contributed by atoms with E-state index in [2.05, 4.69) is 20.5 Å². The van der Waals surface area contributed by atoms with E-state index in [0.29, 0.717) is 11.6 Å². The van der Waals surface area contributed by atoms with Crippen LogP contribution < -0.4 is 5.32 Å². The highest BCUT2D eigenvalue weighted by molar-refractivity contribution is 7.17. The molecule has 8 heteroatoms. The molecule has 0 aliphatic carbocycles. The molecule has 0 aliphatic rings. The molecule has 0 bridgehead atoms. The Morgan fingerprint density at radius 1 is 1.44 bits per heavy atom. The van der Waals surface area contributed by atoms with Crippen LogP contribution in [0.1, 0.15) is 22.6 Å². The van der Waals surface area contributed by atoms with Crippen LogP contribution in [-0.2, 0) is 6.54 Å². The third-order valence-electron chi connectivity index (χ3n) is 2.28. The number of nitrogens with one attached hydrogen (secondary N) is 1. The minimum Gasteiger partial charge on any atom is -0.350 e. The lowest BCUT2D eigenvalue weighted by Gasteiger charge is -2.03. The van der Waals surface area contributed by atoms with Gasteiger partial charge in [-0.15, -0.1) is 10.2 Å². The molecule has 0 saturated carbocycles. The van der Waals surface area contributed by atoms with Crippen molar-refractivity contribution in [3.63, 3.8) is 0 Å². The minimum absolute atomic E-state index is 0.220. The smallest absolute Gasteiger partial charge is 0.282 e. The number of unbranched alkanes of at least 4 members (excludes halogenated alkanes) is 1. The van der Waals surface area contributed by atoms with Crippen molar-refractivity contribution in [3.05, 3.63) is 28.2 Å². The van der Waals surface area contributed by atoms with Crippen molar-refractivity contribution in [1.29, 1.82) is 0 Å². The Morgan fingerprint density at radius 3 is 3.00 bits per heavy atom. The quantitative estimate of drug-likeness (QED) is 0.818. The fourth-order valence-electron chi connectivity index (χ4n) is 1.41. The maximum atomic E-state index is 11.6. The lowest BCUT2D eigenvalue weighted by atomic mass is 10.3. The molecule has 0 spiro atoms. The molecule has 2 rings (SSSR count). The summed E-state index contributed by atoms with van der Waals surface area (Å²) in [5.74, 6) is -0.220. The molecule has 2 aromatic heterocycles. The zero-order chi connectivity index (χ0) is 12.8. The van der Waals surface area contributed by atoms with Crippen LogP contribution in [0.5, 0.6) is 0 Å². The fourth-order valence-corrected chi connectivity index (χ4v) is 2.16. The van der Waals surface area contributed by atoms with Gasteiger partial charge < -0.3 is 9.88 Å². The Balaban J connectivity index is 1.62. The van der Waals surface area contributed by atoms with E-state index in [1.165, 1.54) is 0 Å². The molecule has 0 saturated heterocycles. The van der Waals surface area contributed by atoms with E-state index in [4.69, 9.17) is 11.6 Å². The highest BCUT2D eigenvalue weighted by Crippen LogP contribution is 2.14.